The van der Waals surface area contributed by atoms with Crippen molar-refractivity contribution in [2.24, 2.45) is 11.3 Å². The Kier molecular flexibility index (Phi) is 10.7. The highest BCUT2D eigenvalue weighted by molar-refractivity contribution is 9.09. The molecule has 1 aliphatic carbocycles. The second-order valence-electron chi connectivity index (χ2n) is 14.5. The van der Waals surface area contributed by atoms with E-state index in [4.69, 9.17) is 18.3 Å². The number of alkyl halides is 1. The third-order valence-corrected chi connectivity index (χ3v) is 21.5. The van der Waals surface area contributed by atoms with Gasteiger partial charge in [-0.3, -0.25) is 4.79 Å². The Labute approximate surface area is 248 Å². The molecule has 0 saturated heterocycles. The molecule has 1 saturated carbocycles. The molecule has 0 amide bonds. The van der Waals surface area contributed by atoms with Crippen LogP contribution in [0.5, 0.6) is 0 Å². The predicted octanol–water partition coefficient (Wildman–Crippen LogP) is 8.16. The molecule has 0 N–H and O–H groups in total. The van der Waals surface area contributed by atoms with Crippen LogP contribution in [0.15, 0.2) is 11.6 Å². The van der Waals surface area contributed by atoms with Gasteiger partial charge in [0.25, 0.3) is 0 Å². The normalized spacial score (nSPS) is 29.3. The van der Waals surface area contributed by atoms with Crippen LogP contribution in [0.2, 0.25) is 34.8 Å². The molecule has 0 bridgehead atoms. The SMILES string of the molecule is CC(C)[Si](O[C@@H]1C[C@]2(OC(=O)CBr)C(=CC(=O)OC[C@]2(C)[C@@H](C)O[Si](C)(C)C(C)(C)C)[C@@H]1C)(C(C)C)C(C)C. The van der Waals surface area contributed by atoms with Gasteiger partial charge in [-0.1, -0.05) is 85.2 Å². The summed E-state index contributed by atoms with van der Waals surface area (Å²) < 4.78 is 26.6. The molecular formula is C30H55BrO6Si2. The lowest BCUT2D eigenvalue weighted by atomic mass is 9.66. The van der Waals surface area contributed by atoms with E-state index in [0.717, 1.165) is 5.57 Å². The first-order valence-corrected chi connectivity index (χ1v) is 20.8. The molecule has 1 aliphatic heterocycles. The Morgan fingerprint density at radius 1 is 1.10 bits per heavy atom. The summed E-state index contributed by atoms with van der Waals surface area (Å²) in [6, 6.07) is 0. The van der Waals surface area contributed by atoms with E-state index in [-0.39, 0.29) is 41.1 Å². The van der Waals surface area contributed by atoms with E-state index in [1.54, 1.807) is 6.08 Å². The molecule has 5 atom stereocenters. The molecule has 0 aromatic rings. The van der Waals surface area contributed by atoms with Gasteiger partial charge in [-0.15, -0.1) is 0 Å². The van der Waals surface area contributed by atoms with Gasteiger partial charge in [0.1, 0.15) is 17.5 Å². The van der Waals surface area contributed by atoms with Gasteiger partial charge in [-0.25, -0.2) is 4.79 Å². The first kappa shape index (κ1) is 34.7. The number of rotatable bonds is 10. The number of hydrogen-bond acceptors (Lipinski definition) is 6. The van der Waals surface area contributed by atoms with Gasteiger partial charge in [0.05, 0.1) is 17.6 Å². The Hall–Kier alpha value is -0.486. The van der Waals surface area contributed by atoms with Crippen molar-refractivity contribution in [3.8, 4) is 0 Å². The zero-order valence-corrected chi connectivity index (χ0v) is 30.6. The molecular weight excluding hydrogens is 592 g/mol. The van der Waals surface area contributed by atoms with E-state index in [0.29, 0.717) is 23.0 Å². The Morgan fingerprint density at radius 3 is 2.05 bits per heavy atom. The second kappa shape index (κ2) is 12.0. The Morgan fingerprint density at radius 2 is 1.62 bits per heavy atom. The van der Waals surface area contributed by atoms with Crippen molar-refractivity contribution in [2.75, 3.05) is 11.9 Å². The van der Waals surface area contributed by atoms with Crippen molar-refractivity contribution in [1.82, 2.24) is 0 Å². The van der Waals surface area contributed by atoms with Crippen LogP contribution in [-0.4, -0.2) is 58.3 Å². The lowest BCUT2D eigenvalue weighted by Crippen LogP contribution is -2.60. The zero-order valence-electron chi connectivity index (χ0n) is 27.0. The van der Waals surface area contributed by atoms with Crippen LogP contribution < -0.4 is 0 Å². The van der Waals surface area contributed by atoms with Crippen LogP contribution in [0.4, 0.5) is 0 Å². The van der Waals surface area contributed by atoms with E-state index >= 15 is 0 Å². The Bertz CT molecular complexity index is 918. The number of hydrogen-bond donors (Lipinski definition) is 0. The summed E-state index contributed by atoms with van der Waals surface area (Å²) in [5, 5.41) is 0.0516. The zero-order chi connectivity index (χ0) is 30.4. The molecule has 226 valence electrons. The van der Waals surface area contributed by atoms with Gasteiger partial charge in [0.2, 0.25) is 8.32 Å². The largest absolute Gasteiger partial charge is 0.462 e. The fourth-order valence-corrected chi connectivity index (χ4v) is 14.2. The minimum absolute atomic E-state index is 0.0109. The lowest BCUT2D eigenvalue weighted by Gasteiger charge is -2.51. The van der Waals surface area contributed by atoms with E-state index in [1.165, 1.54) is 0 Å². The molecule has 2 rings (SSSR count). The highest BCUT2D eigenvalue weighted by Gasteiger charge is 2.66. The summed E-state index contributed by atoms with van der Waals surface area (Å²) in [7, 11) is -4.47. The number of carbonyl (C=O) groups excluding carboxylic acids is 2. The van der Waals surface area contributed by atoms with Crippen molar-refractivity contribution in [2.45, 2.75) is 142 Å². The maximum atomic E-state index is 13.1. The summed E-state index contributed by atoms with van der Waals surface area (Å²) in [4.78, 5) is 26.1. The number of ether oxygens (including phenoxy) is 2. The minimum atomic E-state index is -2.26. The first-order chi connectivity index (χ1) is 17.6. The van der Waals surface area contributed by atoms with Crippen molar-refractivity contribution in [1.29, 1.82) is 0 Å². The molecule has 39 heavy (non-hydrogen) atoms. The molecule has 0 aromatic heterocycles. The van der Waals surface area contributed by atoms with Crippen LogP contribution in [0.25, 0.3) is 0 Å². The third-order valence-electron chi connectivity index (χ3n) is 10.3. The minimum Gasteiger partial charge on any atom is -0.462 e. The van der Waals surface area contributed by atoms with Gasteiger partial charge in [-0.2, -0.15) is 0 Å². The van der Waals surface area contributed by atoms with Crippen molar-refractivity contribution >= 4 is 44.5 Å². The van der Waals surface area contributed by atoms with E-state index in [9.17, 15) is 9.59 Å². The van der Waals surface area contributed by atoms with Crippen molar-refractivity contribution < 1.29 is 27.9 Å². The van der Waals surface area contributed by atoms with Gasteiger partial charge >= 0.3 is 11.9 Å². The monoisotopic (exact) mass is 646 g/mol. The molecule has 0 radical (unpaired) electrons. The van der Waals surface area contributed by atoms with Crippen LogP contribution in [0.3, 0.4) is 0 Å². The molecule has 1 fully saturated rings. The average molecular weight is 648 g/mol. The van der Waals surface area contributed by atoms with Crippen molar-refractivity contribution in [3.05, 3.63) is 11.6 Å². The van der Waals surface area contributed by atoms with Gasteiger partial charge in [0.15, 0.2) is 8.32 Å². The summed E-state index contributed by atoms with van der Waals surface area (Å²) in [6.07, 6.45) is 1.51. The van der Waals surface area contributed by atoms with Gasteiger partial charge < -0.3 is 18.3 Å². The number of halogens is 1. The van der Waals surface area contributed by atoms with E-state index < -0.39 is 33.6 Å². The summed E-state index contributed by atoms with van der Waals surface area (Å²) in [5.74, 6) is -0.893. The van der Waals surface area contributed by atoms with E-state index in [1.807, 2.05) is 0 Å². The van der Waals surface area contributed by atoms with Crippen LogP contribution in [0, 0.1) is 11.3 Å². The molecule has 9 heteroatoms. The fourth-order valence-electron chi connectivity index (χ4n) is 6.91. The van der Waals surface area contributed by atoms with Crippen molar-refractivity contribution in [3.63, 3.8) is 0 Å². The maximum Gasteiger partial charge on any atom is 0.330 e. The molecule has 2 aliphatic rings. The number of carbonyl (C=O) groups is 2. The van der Waals surface area contributed by atoms with Crippen LogP contribution in [-0.2, 0) is 27.9 Å². The number of cyclic esters (lactones) is 1. The maximum absolute atomic E-state index is 13.1. The quantitative estimate of drug-likeness (QED) is 0.135. The van der Waals surface area contributed by atoms with Gasteiger partial charge in [0, 0.05) is 18.4 Å². The summed E-state index contributed by atoms with van der Waals surface area (Å²) in [5.41, 5.74) is 0.0900. The summed E-state index contributed by atoms with van der Waals surface area (Å²) >= 11 is 3.31. The van der Waals surface area contributed by atoms with Crippen LogP contribution >= 0.6 is 15.9 Å². The molecule has 0 aromatic carbocycles. The summed E-state index contributed by atoms with van der Waals surface area (Å²) in [6.45, 7) is 31.1. The average Bonchev–Trinajstić information content (AvgIpc) is 2.98. The number of fused-ring (bicyclic) bond motifs is 1. The lowest BCUT2D eigenvalue weighted by molar-refractivity contribution is -0.184. The highest BCUT2D eigenvalue weighted by Crippen LogP contribution is 2.59. The topological polar surface area (TPSA) is 71.1 Å². The second-order valence-corrected chi connectivity index (χ2v) is 25.3. The molecule has 0 spiro atoms. The third kappa shape index (κ3) is 6.18. The van der Waals surface area contributed by atoms with E-state index in [2.05, 4.69) is 112 Å². The number of esters is 2. The molecule has 6 nitrogen and oxygen atoms in total. The molecule has 0 unspecified atom stereocenters. The highest BCUT2D eigenvalue weighted by atomic mass is 79.9. The fraction of sp³-hybridized carbons (Fsp3) is 0.867. The standard InChI is InChI=1S/C30H55BrO6Si2/c1-19(2)39(20(3)4,21(5)6)37-25-16-30(35-27(33)17-31)24(22(25)7)15-26(32)34-18-29(30,12)23(8)36-38(13,14)28(9,10)11/h15,19-23,25H,16-18H2,1-14H3/t22-,23+,25+,29+,30-/m0/s1. The smallest absolute Gasteiger partial charge is 0.330 e. The Balaban J connectivity index is 2.76. The predicted molar refractivity (Wildman–Crippen MR) is 167 cm³/mol. The van der Waals surface area contributed by atoms with Gasteiger partial charge in [-0.05, 0) is 54.2 Å². The molecule has 1 heterocycles. The first-order valence-electron chi connectivity index (χ1n) is 14.6. The van der Waals surface area contributed by atoms with Crippen LogP contribution in [0.1, 0.15) is 89.5 Å².